The van der Waals surface area contributed by atoms with Gasteiger partial charge in [-0.2, -0.15) is 4.31 Å². The summed E-state index contributed by atoms with van der Waals surface area (Å²) in [6.07, 6.45) is 3.18. The molecule has 116 valence electrons. The van der Waals surface area contributed by atoms with Gasteiger partial charge in [-0.05, 0) is 51.2 Å². The first-order chi connectivity index (χ1) is 9.89. The normalized spacial score (nSPS) is 17.8. The molecule has 0 amide bonds. The SMILES string of the molecule is CC(=O)CCC1CCN(S(=O)(=O)c2ccc(C)cc2)CC1. The monoisotopic (exact) mass is 309 g/mol. The minimum absolute atomic E-state index is 0.213. The number of carbonyl (C=O) groups is 1. The first-order valence-corrected chi connectivity index (χ1v) is 8.90. The lowest BCUT2D eigenvalue weighted by Crippen LogP contribution is -2.38. The Morgan fingerprint density at radius 2 is 1.76 bits per heavy atom. The van der Waals surface area contributed by atoms with E-state index < -0.39 is 10.0 Å². The topological polar surface area (TPSA) is 54.5 Å². The van der Waals surface area contributed by atoms with Crippen molar-refractivity contribution in [2.75, 3.05) is 13.1 Å². The molecular formula is C16H23NO3S. The zero-order valence-corrected chi connectivity index (χ0v) is 13.5. The number of hydrogen-bond donors (Lipinski definition) is 0. The van der Waals surface area contributed by atoms with Crippen LogP contribution in [-0.4, -0.2) is 31.6 Å². The van der Waals surface area contributed by atoms with E-state index in [1.165, 1.54) is 0 Å². The lowest BCUT2D eigenvalue weighted by atomic mass is 9.92. The number of Topliss-reactive ketones (excluding diaryl/α,β-unsaturated/α-hetero) is 1. The summed E-state index contributed by atoms with van der Waals surface area (Å²) in [7, 11) is -3.37. The van der Waals surface area contributed by atoms with E-state index in [9.17, 15) is 13.2 Å². The number of benzene rings is 1. The van der Waals surface area contributed by atoms with Crippen molar-refractivity contribution in [1.82, 2.24) is 4.31 Å². The van der Waals surface area contributed by atoms with Crippen molar-refractivity contribution < 1.29 is 13.2 Å². The van der Waals surface area contributed by atoms with Crippen LogP contribution in [0.15, 0.2) is 29.2 Å². The van der Waals surface area contributed by atoms with E-state index in [0.717, 1.165) is 24.8 Å². The zero-order chi connectivity index (χ0) is 15.5. The summed E-state index contributed by atoms with van der Waals surface area (Å²) >= 11 is 0. The van der Waals surface area contributed by atoms with Gasteiger partial charge in [0.2, 0.25) is 10.0 Å². The Morgan fingerprint density at radius 3 is 2.29 bits per heavy atom. The molecule has 0 radical (unpaired) electrons. The summed E-state index contributed by atoms with van der Waals surface area (Å²) < 4.78 is 26.7. The molecule has 0 aliphatic carbocycles. The van der Waals surface area contributed by atoms with Crippen molar-refractivity contribution in [3.05, 3.63) is 29.8 Å². The fourth-order valence-electron chi connectivity index (χ4n) is 2.71. The van der Waals surface area contributed by atoms with E-state index in [1.807, 2.05) is 19.1 Å². The van der Waals surface area contributed by atoms with E-state index >= 15 is 0 Å². The van der Waals surface area contributed by atoms with Gasteiger partial charge in [-0.15, -0.1) is 0 Å². The molecule has 5 heteroatoms. The van der Waals surface area contributed by atoms with Gasteiger partial charge in [-0.25, -0.2) is 8.42 Å². The van der Waals surface area contributed by atoms with Crippen LogP contribution < -0.4 is 0 Å². The summed E-state index contributed by atoms with van der Waals surface area (Å²) in [5.41, 5.74) is 1.05. The Hall–Kier alpha value is -1.20. The molecule has 0 saturated carbocycles. The molecule has 21 heavy (non-hydrogen) atoms. The molecule has 1 fully saturated rings. The Kier molecular flexibility index (Phi) is 5.17. The molecule has 0 aromatic heterocycles. The van der Waals surface area contributed by atoms with Gasteiger partial charge in [0, 0.05) is 19.5 Å². The van der Waals surface area contributed by atoms with E-state index in [4.69, 9.17) is 0 Å². The quantitative estimate of drug-likeness (QED) is 0.840. The Bertz CT molecular complexity index is 584. The maximum absolute atomic E-state index is 12.5. The first kappa shape index (κ1) is 16.2. The van der Waals surface area contributed by atoms with Crippen LogP contribution in [0.25, 0.3) is 0 Å². The van der Waals surface area contributed by atoms with Crippen LogP contribution in [0.1, 0.15) is 38.2 Å². The van der Waals surface area contributed by atoms with Gasteiger partial charge in [0.15, 0.2) is 0 Å². The average molecular weight is 309 g/mol. The second-order valence-electron chi connectivity index (χ2n) is 5.90. The van der Waals surface area contributed by atoms with Crippen molar-refractivity contribution in [2.24, 2.45) is 5.92 Å². The first-order valence-electron chi connectivity index (χ1n) is 7.46. The summed E-state index contributed by atoms with van der Waals surface area (Å²) in [6, 6.07) is 7.00. The highest BCUT2D eigenvalue weighted by Gasteiger charge is 2.29. The van der Waals surface area contributed by atoms with Crippen molar-refractivity contribution in [3.63, 3.8) is 0 Å². The van der Waals surface area contributed by atoms with Gasteiger partial charge in [0.25, 0.3) is 0 Å². The molecule has 1 heterocycles. The van der Waals surface area contributed by atoms with Crippen LogP contribution in [-0.2, 0) is 14.8 Å². The van der Waals surface area contributed by atoms with Crippen molar-refractivity contribution in [2.45, 2.75) is 44.4 Å². The molecule has 0 spiro atoms. The largest absolute Gasteiger partial charge is 0.300 e. The minimum atomic E-state index is -3.37. The number of aryl methyl sites for hydroxylation is 1. The lowest BCUT2D eigenvalue weighted by Gasteiger charge is -2.31. The number of sulfonamides is 1. The summed E-state index contributed by atoms with van der Waals surface area (Å²) in [5, 5.41) is 0. The average Bonchev–Trinajstić information content (AvgIpc) is 2.46. The fourth-order valence-corrected chi connectivity index (χ4v) is 4.17. The maximum atomic E-state index is 12.5. The molecule has 4 nitrogen and oxygen atoms in total. The molecule has 0 atom stereocenters. The summed E-state index contributed by atoms with van der Waals surface area (Å²) in [5.74, 6) is 0.683. The third-order valence-corrected chi connectivity index (χ3v) is 6.05. The number of carbonyl (C=O) groups excluding carboxylic acids is 1. The Labute approximate surface area is 127 Å². The molecule has 0 bridgehead atoms. The van der Waals surface area contributed by atoms with Crippen LogP contribution in [0.2, 0.25) is 0 Å². The van der Waals surface area contributed by atoms with Crippen LogP contribution >= 0.6 is 0 Å². The smallest absolute Gasteiger partial charge is 0.243 e. The van der Waals surface area contributed by atoms with Gasteiger partial charge in [-0.1, -0.05) is 17.7 Å². The van der Waals surface area contributed by atoms with Crippen LogP contribution in [0.4, 0.5) is 0 Å². The van der Waals surface area contributed by atoms with Gasteiger partial charge < -0.3 is 4.79 Å². The van der Waals surface area contributed by atoms with Crippen LogP contribution in [0, 0.1) is 12.8 Å². The molecule has 2 rings (SSSR count). The van der Waals surface area contributed by atoms with Crippen molar-refractivity contribution in [1.29, 1.82) is 0 Å². The van der Waals surface area contributed by atoms with Gasteiger partial charge >= 0.3 is 0 Å². The predicted octanol–water partition coefficient (Wildman–Crippen LogP) is 2.76. The maximum Gasteiger partial charge on any atom is 0.243 e. The number of ketones is 1. The molecule has 1 aromatic carbocycles. The molecule has 1 saturated heterocycles. The second kappa shape index (κ2) is 6.71. The van der Waals surface area contributed by atoms with Gasteiger partial charge in [0.1, 0.15) is 5.78 Å². The van der Waals surface area contributed by atoms with Crippen molar-refractivity contribution >= 4 is 15.8 Å². The Balaban J connectivity index is 1.97. The second-order valence-corrected chi connectivity index (χ2v) is 7.84. The molecule has 1 aliphatic heterocycles. The summed E-state index contributed by atoms with van der Waals surface area (Å²) in [6.45, 7) is 4.66. The molecule has 1 aliphatic rings. The Morgan fingerprint density at radius 1 is 1.19 bits per heavy atom. The standard InChI is InChI=1S/C16H23NO3S/c1-13-3-7-16(8-4-13)21(19,20)17-11-9-15(10-12-17)6-5-14(2)18/h3-4,7-8,15H,5-6,9-12H2,1-2H3. The zero-order valence-electron chi connectivity index (χ0n) is 12.7. The van der Waals surface area contributed by atoms with Gasteiger partial charge in [-0.3, -0.25) is 0 Å². The molecule has 0 N–H and O–H groups in total. The van der Waals surface area contributed by atoms with Crippen LogP contribution in [0.3, 0.4) is 0 Å². The number of nitrogens with zero attached hydrogens (tertiary/aromatic N) is 1. The molecule has 1 aromatic rings. The fraction of sp³-hybridized carbons (Fsp3) is 0.562. The number of hydrogen-bond acceptors (Lipinski definition) is 3. The van der Waals surface area contributed by atoms with E-state index in [-0.39, 0.29) is 5.78 Å². The third-order valence-electron chi connectivity index (χ3n) is 4.14. The predicted molar refractivity (Wildman–Crippen MR) is 82.6 cm³/mol. The highest BCUT2D eigenvalue weighted by Crippen LogP contribution is 2.26. The summed E-state index contributed by atoms with van der Waals surface area (Å²) in [4.78, 5) is 11.4. The molecule has 0 unspecified atom stereocenters. The van der Waals surface area contributed by atoms with E-state index in [1.54, 1.807) is 23.4 Å². The van der Waals surface area contributed by atoms with E-state index in [0.29, 0.717) is 30.3 Å². The molecular weight excluding hydrogens is 286 g/mol. The number of piperidine rings is 1. The number of rotatable bonds is 5. The third kappa shape index (κ3) is 4.14. The van der Waals surface area contributed by atoms with Crippen LogP contribution in [0.5, 0.6) is 0 Å². The highest BCUT2D eigenvalue weighted by atomic mass is 32.2. The van der Waals surface area contributed by atoms with Crippen molar-refractivity contribution in [3.8, 4) is 0 Å². The van der Waals surface area contributed by atoms with E-state index in [2.05, 4.69) is 0 Å². The minimum Gasteiger partial charge on any atom is -0.300 e. The highest BCUT2D eigenvalue weighted by molar-refractivity contribution is 7.89. The van der Waals surface area contributed by atoms with Gasteiger partial charge in [0.05, 0.1) is 4.90 Å². The lowest BCUT2D eigenvalue weighted by molar-refractivity contribution is -0.117.